The molecular formula is C18H20N2O. The molecule has 0 fully saturated rings. The molecule has 21 heavy (non-hydrogen) atoms. The summed E-state index contributed by atoms with van der Waals surface area (Å²) in [6.45, 7) is 0.773. The van der Waals surface area contributed by atoms with Crippen molar-refractivity contribution in [1.29, 1.82) is 0 Å². The number of hydrogen-bond donors (Lipinski definition) is 1. The predicted octanol–water partition coefficient (Wildman–Crippen LogP) is 4.45. The van der Waals surface area contributed by atoms with E-state index in [2.05, 4.69) is 11.4 Å². The molecule has 0 aliphatic carbocycles. The average molecular weight is 280 g/mol. The van der Waals surface area contributed by atoms with Crippen molar-refractivity contribution in [1.82, 2.24) is 0 Å². The van der Waals surface area contributed by atoms with Crippen LogP contribution >= 0.6 is 0 Å². The molecule has 3 nitrogen and oxygen atoms in total. The van der Waals surface area contributed by atoms with Crippen molar-refractivity contribution in [3.8, 4) is 0 Å². The normalized spacial score (nSPS) is 14.8. The minimum atomic E-state index is -0.0458. The van der Waals surface area contributed by atoms with Gasteiger partial charge < -0.3 is 5.32 Å². The Morgan fingerprint density at radius 2 is 1.67 bits per heavy atom. The summed E-state index contributed by atoms with van der Waals surface area (Å²) in [6.07, 6.45) is 4.47. The van der Waals surface area contributed by atoms with Gasteiger partial charge in [0.2, 0.25) is 0 Å². The van der Waals surface area contributed by atoms with E-state index in [1.165, 1.54) is 18.4 Å². The molecule has 2 aromatic rings. The number of carbonyl (C=O) groups excluding carboxylic acids is 1. The summed E-state index contributed by atoms with van der Waals surface area (Å²) < 4.78 is 0. The van der Waals surface area contributed by atoms with Crippen LogP contribution in [0.4, 0.5) is 16.2 Å². The highest BCUT2D eigenvalue weighted by atomic mass is 16.2. The molecule has 0 unspecified atom stereocenters. The van der Waals surface area contributed by atoms with Crippen molar-refractivity contribution in [2.24, 2.45) is 0 Å². The number of urea groups is 1. The fraction of sp³-hybridized carbons (Fsp3) is 0.278. The van der Waals surface area contributed by atoms with Gasteiger partial charge >= 0.3 is 6.03 Å². The van der Waals surface area contributed by atoms with Crippen LogP contribution < -0.4 is 10.2 Å². The molecule has 0 radical (unpaired) electrons. The Morgan fingerprint density at radius 1 is 0.905 bits per heavy atom. The number of anilines is 2. The van der Waals surface area contributed by atoms with E-state index < -0.39 is 0 Å². The van der Waals surface area contributed by atoms with Gasteiger partial charge in [0.25, 0.3) is 0 Å². The smallest absolute Gasteiger partial charge is 0.308 e. The van der Waals surface area contributed by atoms with Crippen LogP contribution in [-0.4, -0.2) is 12.6 Å². The highest BCUT2D eigenvalue weighted by Crippen LogP contribution is 2.26. The maximum absolute atomic E-state index is 12.6. The molecule has 0 aromatic heterocycles. The molecule has 0 bridgehead atoms. The van der Waals surface area contributed by atoms with Gasteiger partial charge in [-0.05, 0) is 43.0 Å². The van der Waals surface area contributed by atoms with Gasteiger partial charge in [-0.3, -0.25) is 4.90 Å². The first-order valence-electron chi connectivity index (χ1n) is 7.56. The van der Waals surface area contributed by atoms with Crippen LogP contribution in [0.1, 0.15) is 24.8 Å². The number of carbonyl (C=O) groups is 1. The van der Waals surface area contributed by atoms with Crippen LogP contribution in [0.15, 0.2) is 54.6 Å². The molecule has 0 atom stereocenters. The summed E-state index contributed by atoms with van der Waals surface area (Å²) in [6, 6.07) is 17.8. The van der Waals surface area contributed by atoms with Crippen molar-refractivity contribution in [2.45, 2.75) is 25.7 Å². The standard InChI is InChI=1S/C18H20N2O/c21-18(19-16-11-4-1-5-12-16)20-14-8-2-3-9-15-10-6-7-13-17(15)20/h1,4-7,10-13H,2-3,8-9,14H2,(H,19,21). The molecule has 108 valence electrons. The summed E-state index contributed by atoms with van der Waals surface area (Å²) in [5.74, 6) is 0. The molecule has 2 amide bonds. The molecular weight excluding hydrogens is 260 g/mol. The fourth-order valence-corrected chi connectivity index (χ4v) is 2.79. The molecule has 0 saturated carbocycles. The monoisotopic (exact) mass is 280 g/mol. The summed E-state index contributed by atoms with van der Waals surface area (Å²) in [7, 11) is 0. The number of para-hydroxylation sites is 2. The summed E-state index contributed by atoms with van der Waals surface area (Å²) in [5, 5.41) is 2.99. The topological polar surface area (TPSA) is 32.3 Å². The fourth-order valence-electron chi connectivity index (χ4n) is 2.79. The minimum absolute atomic E-state index is 0.0458. The molecule has 1 N–H and O–H groups in total. The van der Waals surface area contributed by atoms with E-state index in [0.29, 0.717) is 0 Å². The summed E-state index contributed by atoms with van der Waals surface area (Å²) >= 11 is 0. The number of nitrogens with zero attached hydrogens (tertiary/aromatic N) is 1. The molecule has 1 aliphatic heterocycles. The van der Waals surface area contributed by atoms with Crippen LogP contribution in [0.25, 0.3) is 0 Å². The zero-order valence-electron chi connectivity index (χ0n) is 12.1. The number of amides is 2. The van der Waals surface area contributed by atoms with Gasteiger partial charge in [-0.25, -0.2) is 4.79 Å². The number of rotatable bonds is 1. The summed E-state index contributed by atoms with van der Waals surface area (Å²) in [4.78, 5) is 14.5. The Labute approximate surface area is 125 Å². The van der Waals surface area contributed by atoms with E-state index in [1.54, 1.807) is 0 Å². The Balaban J connectivity index is 1.85. The van der Waals surface area contributed by atoms with Gasteiger partial charge in [0, 0.05) is 17.9 Å². The van der Waals surface area contributed by atoms with Gasteiger partial charge in [-0.2, -0.15) is 0 Å². The van der Waals surface area contributed by atoms with Gasteiger partial charge in [-0.15, -0.1) is 0 Å². The lowest BCUT2D eigenvalue weighted by Crippen LogP contribution is -2.37. The zero-order chi connectivity index (χ0) is 14.5. The Morgan fingerprint density at radius 3 is 2.52 bits per heavy atom. The van der Waals surface area contributed by atoms with E-state index in [4.69, 9.17) is 0 Å². The van der Waals surface area contributed by atoms with Crippen LogP contribution in [0.2, 0.25) is 0 Å². The minimum Gasteiger partial charge on any atom is -0.308 e. The lowest BCUT2D eigenvalue weighted by molar-refractivity contribution is 0.256. The van der Waals surface area contributed by atoms with Crippen molar-refractivity contribution >= 4 is 17.4 Å². The molecule has 3 rings (SSSR count). The van der Waals surface area contributed by atoms with Gasteiger partial charge in [0.1, 0.15) is 0 Å². The highest BCUT2D eigenvalue weighted by molar-refractivity contribution is 6.02. The van der Waals surface area contributed by atoms with Crippen molar-refractivity contribution in [3.63, 3.8) is 0 Å². The van der Waals surface area contributed by atoms with Gasteiger partial charge in [-0.1, -0.05) is 42.8 Å². The Hall–Kier alpha value is -2.29. The molecule has 0 spiro atoms. The second kappa shape index (κ2) is 6.44. The molecule has 1 heterocycles. The van der Waals surface area contributed by atoms with Crippen LogP contribution in [0.3, 0.4) is 0 Å². The van der Waals surface area contributed by atoms with Crippen LogP contribution in [-0.2, 0) is 6.42 Å². The summed E-state index contributed by atoms with van der Waals surface area (Å²) in [5.41, 5.74) is 3.15. The first-order valence-corrected chi connectivity index (χ1v) is 7.56. The predicted molar refractivity (Wildman–Crippen MR) is 86.8 cm³/mol. The maximum Gasteiger partial charge on any atom is 0.326 e. The van der Waals surface area contributed by atoms with Crippen molar-refractivity contribution < 1.29 is 4.79 Å². The third-order valence-electron chi connectivity index (χ3n) is 3.88. The van der Waals surface area contributed by atoms with Gasteiger partial charge in [0.15, 0.2) is 0 Å². The number of nitrogens with one attached hydrogen (secondary N) is 1. The van der Waals surface area contributed by atoms with Crippen molar-refractivity contribution in [2.75, 3.05) is 16.8 Å². The zero-order valence-corrected chi connectivity index (χ0v) is 12.1. The number of benzene rings is 2. The van der Waals surface area contributed by atoms with Crippen LogP contribution in [0, 0.1) is 0 Å². The van der Waals surface area contributed by atoms with E-state index in [9.17, 15) is 4.79 Å². The first kappa shape index (κ1) is 13.7. The second-order valence-corrected chi connectivity index (χ2v) is 5.39. The first-order chi connectivity index (χ1) is 10.3. The van der Waals surface area contributed by atoms with E-state index in [0.717, 1.165) is 30.8 Å². The third-order valence-corrected chi connectivity index (χ3v) is 3.88. The Bertz CT molecular complexity index is 610. The largest absolute Gasteiger partial charge is 0.326 e. The lowest BCUT2D eigenvalue weighted by atomic mass is 10.0. The quantitative estimate of drug-likeness (QED) is 0.822. The lowest BCUT2D eigenvalue weighted by Gasteiger charge is -2.27. The van der Waals surface area contributed by atoms with E-state index in [1.807, 2.05) is 53.4 Å². The molecule has 2 aromatic carbocycles. The number of fused-ring (bicyclic) bond motifs is 1. The number of aryl methyl sites for hydroxylation is 1. The molecule has 3 heteroatoms. The number of hydrogen-bond acceptors (Lipinski definition) is 1. The van der Waals surface area contributed by atoms with E-state index >= 15 is 0 Å². The second-order valence-electron chi connectivity index (χ2n) is 5.39. The average Bonchev–Trinajstić information content (AvgIpc) is 2.49. The SMILES string of the molecule is O=C(Nc1ccccc1)N1CCCCCc2ccccc21. The highest BCUT2D eigenvalue weighted by Gasteiger charge is 2.19. The van der Waals surface area contributed by atoms with Crippen molar-refractivity contribution in [3.05, 3.63) is 60.2 Å². The van der Waals surface area contributed by atoms with Gasteiger partial charge in [0.05, 0.1) is 0 Å². The maximum atomic E-state index is 12.6. The molecule has 0 saturated heterocycles. The Kier molecular flexibility index (Phi) is 4.20. The van der Waals surface area contributed by atoms with Crippen LogP contribution in [0.5, 0.6) is 0 Å². The van der Waals surface area contributed by atoms with E-state index in [-0.39, 0.29) is 6.03 Å². The third kappa shape index (κ3) is 3.24. The molecule has 1 aliphatic rings.